The molecule has 0 bridgehead atoms. The Morgan fingerprint density at radius 2 is 2.16 bits per heavy atom. The summed E-state index contributed by atoms with van der Waals surface area (Å²) in [5.41, 5.74) is 0. The van der Waals surface area contributed by atoms with Crippen molar-refractivity contribution >= 4 is 5.91 Å². The molecular formula is C14H27N3O2. The summed E-state index contributed by atoms with van der Waals surface area (Å²) in [5.74, 6) is 0.816. The number of likely N-dealkylation sites (tertiary alicyclic amines) is 1. The highest BCUT2D eigenvalue weighted by Crippen LogP contribution is 2.12. The minimum Gasteiger partial charge on any atom is -0.378 e. The van der Waals surface area contributed by atoms with Crippen molar-refractivity contribution in [3.63, 3.8) is 0 Å². The Labute approximate surface area is 116 Å². The maximum Gasteiger partial charge on any atom is 0.239 e. The van der Waals surface area contributed by atoms with Gasteiger partial charge in [0.15, 0.2) is 0 Å². The van der Waals surface area contributed by atoms with Crippen LogP contribution in [0.1, 0.15) is 26.7 Å². The first-order chi connectivity index (χ1) is 9.15. The van der Waals surface area contributed by atoms with Crippen LogP contribution >= 0.6 is 0 Å². The number of hydrogen-bond acceptors (Lipinski definition) is 4. The van der Waals surface area contributed by atoms with Crippen molar-refractivity contribution < 1.29 is 9.53 Å². The molecule has 0 aromatic heterocycles. The topological polar surface area (TPSA) is 53.6 Å². The lowest BCUT2D eigenvalue weighted by Crippen LogP contribution is -2.55. The van der Waals surface area contributed by atoms with E-state index in [4.69, 9.17) is 4.74 Å². The van der Waals surface area contributed by atoms with Crippen LogP contribution in [-0.2, 0) is 9.53 Å². The monoisotopic (exact) mass is 269 g/mol. The molecule has 2 aliphatic heterocycles. The standard InChI is InChI=1S/C14H27N3O2/c1-11(2)9-17-6-3-12(4-7-17)16-14(18)13-10-19-8-5-15-13/h11-13,15H,3-10H2,1-2H3,(H,16,18). The summed E-state index contributed by atoms with van der Waals surface area (Å²) in [4.78, 5) is 14.6. The smallest absolute Gasteiger partial charge is 0.239 e. The van der Waals surface area contributed by atoms with Gasteiger partial charge in [0.1, 0.15) is 6.04 Å². The van der Waals surface area contributed by atoms with Crippen LogP contribution in [0.3, 0.4) is 0 Å². The lowest BCUT2D eigenvalue weighted by molar-refractivity contribution is -0.126. The summed E-state index contributed by atoms with van der Waals surface area (Å²) in [7, 11) is 0. The van der Waals surface area contributed by atoms with E-state index in [1.807, 2.05) is 0 Å². The number of piperidine rings is 1. The van der Waals surface area contributed by atoms with Gasteiger partial charge in [-0.1, -0.05) is 13.8 Å². The molecular weight excluding hydrogens is 242 g/mol. The zero-order valence-corrected chi connectivity index (χ0v) is 12.2. The highest BCUT2D eigenvalue weighted by atomic mass is 16.5. The van der Waals surface area contributed by atoms with Crippen LogP contribution in [-0.4, -0.2) is 62.3 Å². The number of nitrogens with one attached hydrogen (secondary N) is 2. The zero-order chi connectivity index (χ0) is 13.7. The summed E-state index contributed by atoms with van der Waals surface area (Å²) in [5, 5.41) is 6.35. The minimum atomic E-state index is -0.164. The van der Waals surface area contributed by atoms with Crippen molar-refractivity contribution in [1.29, 1.82) is 0 Å². The number of carbonyl (C=O) groups is 1. The molecule has 2 N–H and O–H groups in total. The highest BCUT2D eigenvalue weighted by Gasteiger charge is 2.26. The van der Waals surface area contributed by atoms with Gasteiger partial charge in [-0.05, 0) is 18.8 Å². The molecule has 2 aliphatic rings. The van der Waals surface area contributed by atoms with E-state index >= 15 is 0 Å². The Hall–Kier alpha value is -0.650. The second-order valence-electron chi connectivity index (χ2n) is 6.06. The molecule has 5 heteroatoms. The number of carbonyl (C=O) groups excluding carboxylic acids is 1. The third-order valence-corrected chi connectivity index (χ3v) is 3.80. The van der Waals surface area contributed by atoms with Gasteiger partial charge in [-0.25, -0.2) is 0 Å². The highest BCUT2D eigenvalue weighted by molar-refractivity contribution is 5.82. The quantitative estimate of drug-likeness (QED) is 0.766. The average molecular weight is 269 g/mol. The van der Waals surface area contributed by atoms with Gasteiger partial charge in [-0.15, -0.1) is 0 Å². The van der Waals surface area contributed by atoms with Crippen LogP contribution in [0, 0.1) is 5.92 Å². The number of amides is 1. The molecule has 5 nitrogen and oxygen atoms in total. The first-order valence-electron chi connectivity index (χ1n) is 7.49. The summed E-state index contributed by atoms with van der Waals surface area (Å²) < 4.78 is 5.32. The van der Waals surface area contributed by atoms with Crippen LogP contribution in [0.15, 0.2) is 0 Å². The Morgan fingerprint density at radius 1 is 1.42 bits per heavy atom. The van der Waals surface area contributed by atoms with E-state index in [0.29, 0.717) is 19.3 Å². The van der Waals surface area contributed by atoms with Gasteiger partial charge in [0.2, 0.25) is 5.91 Å². The largest absolute Gasteiger partial charge is 0.378 e. The molecule has 0 aliphatic carbocycles. The minimum absolute atomic E-state index is 0.0991. The van der Waals surface area contributed by atoms with Crippen LogP contribution in [0.4, 0.5) is 0 Å². The van der Waals surface area contributed by atoms with Crippen molar-refractivity contribution in [2.75, 3.05) is 39.4 Å². The first kappa shape index (κ1) is 14.8. The van der Waals surface area contributed by atoms with Gasteiger partial charge >= 0.3 is 0 Å². The fourth-order valence-corrected chi connectivity index (χ4v) is 2.81. The fraction of sp³-hybridized carbons (Fsp3) is 0.929. The summed E-state index contributed by atoms with van der Waals surface area (Å²) >= 11 is 0. The summed E-state index contributed by atoms with van der Waals surface area (Å²) in [6, 6.07) is 0.169. The molecule has 1 atom stereocenters. The first-order valence-corrected chi connectivity index (χ1v) is 7.49. The van der Waals surface area contributed by atoms with E-state index in [-0.39, 0.29) is 11.9 Å². The van der Waals surface area contributed by atoms with E-state index in [9.17, 15) is 4.79 Å². The Bertz CT molecular complexity index is 282. The molecule has 2 heterocycles. The zero-order valence-electron chi connectivity index (χ0n) is 12.2. The molecule has 2 saturated heterocycles. The van der Waals surface area contributed by atoms with Crippen LogP contribution in [0.5, 0.6) is 0 Å². The second kappa shape index (κ2) is 7.22. The molecule has 19 heavy (non-hydrogen) atoms. The second-order valence-corrected chi connectivity index (χ2v) is 6.06. The lowest BCUT2D eigenvalue weighted by atomic mass is 10.0. The van der Waals surface area contributed by atoms with Gasteiger partial charge in [0.25, 0.3) is 0 Å². The van der Waals surface area contributed by atoms with E-state index in [2.05, 4.69) is 29.4 Å². The molecule has 2 rings (SSSR count). The van der Waals surface area contributed by atoms with E-state index in [1.54, 1.807) is 0 Å². The normalized spacial score (nSPS) is 26.6. The van der Waals surface area contributed by atoms with Crippen molar-refractivity contribution in [2.24, 2.45) is 5.92 Å². The van der Waals surface area contributed by atoms with Crippen molar-refractivity contribution in [3.8, 4) is 0 Å². The Kier molecular flexibility index (Phi) is 5.60. The number of morpholine rings is 1. The van der Waals surface area contributed by atoms with Crippen molar-refractivity contribution in [3.05, 3.63) is 0 Å². The molecule has 0 saturated carbocycles. The number of nitrogens with zero attached hydrogens (tertiary/aromatic N) is 1. The van der Waals surface area contributed by atoms with Gasteiger partial charge < -0.3 is 20.3 Å². The van der Waals surface area contributed by atoms with Gasteiger partial charge in [-0.2, -0.15) is 0 Å². The number of hydrogen-bond donors (Lipinski definition) is 2. The average Bonchev–Trinajstić information content (AvgIpc) is 2.41. The maximum absolute atomic E-state index is 12.1. The van der Waals surface area contributed by atoms with E-state index in [1.165, 1.54) is 6.54 Å². The summed E-state index contributed by atoms with van der Waals surface area (Å²) in [6.45, 7) is 9.83. The molecule has 110 valence electrons. The third kappa shape index (κ3) is 4.75. The van der Waals surface area contributed by atoms with Gasteiger partial charge in [-0.3, -0.25) is 4.79 Å². The van der Waals surface area contributed by atoms with Crippen molar-refractivity contribution in [1.82, 2.24) is 15.5 Å². The van der Waals surface area contributed by atoms with Crippen LogP contribution < -0.4 is 10.6 Å². The van der Waals surface area contributed by atoms with Crippen LogP contribution in [0.25, 0.3) is 0 Å². The molecule has 0 aromatic rings. The van der Waals surface area contributed by atoms with Gasteiger partial charge in [0, 0.05) is 32.2 Å². The maximum atomic E-state index is 12.1. The van der Waals surface area contributed by atoms with E-state index < -0.39 is 0 Å². The fourth-order valence-electron chi connectivity index (χ4n) is 2.81. The number of rotatable bonds is 4. The number of ether oxygens (including phenoxy) is 1. The molecule has 0 aromatic carbocycles. The molecule has 0 spiro atoms. The lowest BCUT2D eigenvalue weighted by Gasteiger charge is -2.34. The summed E-state index contributed by atoms with van der Waals surface area (Å²) in [6.07, 6.45) is 2.12. The van der Waals surface area contributed by atoms with Crippen LogP contribution in [0.2, 0.25) is 0 Å². The molecule has 1 amide bonds. The van der Waals surface area contributed by atoms with Gasteiger partial charge in [0.05, 0.1) is 13.2 Å². The molecule has 1 unspecified atom stereocenters. The van der Waals surface area contributed by atoms with Crippen molar-refractivity contribution in [2.45, 2.75) is 38.8 Å². The van der Waals surface area contributed by atoms with E-state index in [0.717, 1.165) is 38.4 Å². The predicted octanol–water partition coefficient (Wildman–Crippen LogP) is 0.211. The molecule has 0 radical (unpaired) electrons. The molecule has 2 fully saturated rings. The third-order valence-electron chi connectivity index (χ3n) is 3.80. The Morgan fingerprint density at radius 3 is 2.74 bits per heavy atom. The predicted molar refractivity (Wildman–Crippen MR) is 75.1 cm³/mol. The Balaban J connectivity index is 1.68. The SMILES string of the molecule is CC(C)CN1CCC(NC(=O)C2COCCN2)CC1.